The van der Waals surface area contributed by atoms with Gasteiger partial charge in [0.15, 0.2) is 0 Å². The molecule has 1 nitrogen and oxygen atoms in total. The SMILES string of the molecule is CC#CCCNC1CCC2CCCCC2C1. The van der Waals surface area contributed by atoms with E-state index in [1.807, 2.05) is 6.92 Å². The fourth-order valence-electron chi connectivity index (χ4n) is 3.52. The second-order valence-corrected chi connectivity index (χ2v) is 5.45. The standard InChI is InChI=1S/C15H25N/c1-2-3-6-11-16-15-10-9-13-7-4-5-8-14(13)12-15/h13-16H,4-12H2,1H3. The molecule has 2 fully saturated rings. The van der Waals surface area contributed by atoms with Crippen molar-refractivity contribution in [2.24, 2.45) is 11.8 Å². The molecule has 2 aliphatic rings. The molecule has 0 heterocycles. The summed E-state index contributed by atoms with van der Waals surface area (Å²) >= 11 is 0. The molecule has 2 rings (SSSR count). The molecule has 0 aromatic carbocycles. The Balaban J connectivity index is 1.69. The molecule has 3 unspecified atom stereocenters. The maximum atomic E-state index is 3.69. The predicted molar refractivity (Wildman–Crippen MR) is 69.2 cm³/mol. The van der Waals surface area contributed by atoms with Crippen LogP contribution in [0.1, 0.15) is 58.3 Å². The molecule has 0 bridgehead atoms. The lowest BCUT2D eigenvalue weighted by atomic mass is 9.69. The van der Waals surface area contributed by atoms with E-state index in [1.54, 1.807) is 0 Å². The first-order valence-corrected chi connectivity index (χ1v) is 7.03. The highest BCUT2D eigenvalue weighted by atomic mass is 14.9. The van der Waals surface area contributed by atoms with Gasteiger partial charge in [0.05, 0.1) is 0 Å². The molecule has 2 aliphatic carbocycles. The first kappa shape index (κ1) is 12.0. The van der Waals surface area contributed by atoms with Crippen LogP contribution in [-0.2, 0) is 0 Å². The van der Waals surface area contributed by atoms with Crippen LogP contribution in [0.2, 0.25) is 0 Å². The molecule has 0 amide bonds. The maximum Gasteiger partial charge on any atom is 0.0214 e. The Hall–Kier alpha value is -0.480. The van der Waals surface area contributed by atoms with Crippen LogP contribution >= 0.6 is 0 Å². The van der Waals surface area contributed by atoms with Gasteiger partial charge in [-0.05, 0) is 38.0 Å². The van der Waals surface area contributed by atoms with Gasteiger partial charge >= 0.3 is 0 Å². The van der Waals surface area contributed by atoms with Gasteiger partial charge in [-0.25, -0.2) is 0 Å². The van der Waals surface area contributed by atoms with Crippen LogP contribution < -0.4 is 5.32 Å². The molecular weight excluding hydrogens is 194 g/mol. The third-order valence-corrected chi connectivity index (χ3v) is 4.40. The van der Waals surface area contributed by atoms with E-state index in [4.69, 9.17) is 0 Å². The zero-order chi connectivity index (χ0) is 11.2. The van der Waals surface area contributed by atoms with Crippen LogP contribution in [0.4, 0.5) is 0 Å². The smallest absolute Gasteiger partial charge is 0.0214 e. The second-order valence-electron chi connectivity index (χ2n) is 5.45. The summed E-state index contributed by atoms with van der Waals surface area (Å²) in [6.07, 6.45) is 11.3. The van der Waals surface area contributed by atoms with Gasteiger partial charge in [0.1, 0.15) is 0 Å². The van der Waals surface area contributed by atoms with Crippen molar-refractivity contribution in [2.45, 2.75) is 64.3 Å². The molecule has 0 saturated heterocycles. The van der Waals surface area contributed by atoms with Gasteiger partial charge in [-0.3, -0.25) is 0 Å². The first-order chi connectivity index (χ1) is 7.90. The van der Waals surface area contributed by atoms with Gasteiger partial charge in [-0.2, -0.15) is 0 Å². The van der Waals surface area contributed by atoms with Gasteiger partial charge in [-0.15, -0.1) is 11.8 Å². The van der Waals surface area contributed by atoms with E-state index in [0.29, 0.717) is 0 Å². The molecule has 0 aromatic rings. The van der Waals surface area contributed by atoms with E-state index in [-0.39, 0.29) is 0 Å². The van der Waals surface area contributed by atoms with Gasteiger partial charge in [0.2, 0.25) is 0 Å². The molecule has 0 radical (unpaired) electrons. The Kier molecular flexibility index (Phi) is 4.72. The Morgan fingerprint density at radius 3 is 2.69 bits per heavy atom. The second kappa shape index (κ2) is 6.30. The van der Waals surface area contributed by atoms with Crippen molar-refractivity contribution in [3.8, 4) is 11.8 Å². The molecular formula is C15H25N. The van der Waals surface area contributed by atoms with Crippen molar-refractivity contribution in [2.75, 3.05) is 6.54 Å². The van der Waals surface area contributed by atoms with Crippen molar-refractivity contribution in [1.29, 1.82) is 0 Å². The number of nitrogens with one attached hydrogen (secondary N) is 1. The van der Waals surface area contributed by atoms with Crippen LogP contribution in [0.3, 0.4) is 0 Å². The van der Waals surface area contributed by atoms with Crippen molar-refractivity contribution in [3.05, 3.63) is 0 Å². The van der Waals surface area contributed by atoms with Crippen molar-refractivity contribution in [1.82, 2.24) is 5.32 Å². The van der Waals surface area contributed by atoms with Crippen molar-refractivity contribution < 1.29 is 0 Å². The van der Waals surface area contributed by atoms with E-state index in [1.165, 1.54) is 44.9 Å². The quantitative estimate of drug-likeness (QED) is 0.567. The largest absolute Gasteiger partial charge is 0.313 e. The van der Waals surface area contributed by atoms with Gasteiger partial charge < -0.3 is 5.32 Å². The molecule has 0 spiro atoms. The van der Waals surface area contributed by atoms with Crippen molar-refractivity contribution in [3.63, 3.8) is 0 Å². The summed E-state index contributed by atoms with van der Waals surface area (Å²) in [5, 5.41) is 3.69. The first-order valence-electron chi connectivity index (χ1n) is 7.03. The summed E-state index contributed by atoms with van der Waals surface area (Å²) in [6.45, 7) is 3.01. The summed E-state index contributed by atoms with van der Waals surface area (Å²) in [5.74, 6) is 8.20. The van der Waals surface area contributed by atoms with Gasteiger partial charge in [0, 0.05) is 19.0 Å². The third kappa shape index (κ3) is 3.25. The zero-order valence-electron chi connectivity index (χ0n) is 10.6. The van der Waals surface area contributed by atoms with Crippen LogP contribution in [0.15, 0.2) is 0 Å². The fourth-order valence-corrected chi connectivity index (χ4v) is 3.52. The molecule has 0 aromatic heterocycles. The van der Waals surface area contributed by atoms with Crippen molar-refractivity contribution >= 4 is 0 Å². The summed E-state index contributed by atoms with van der Waals surface area (Å²) in [6, 6.07) is 0.790. The number of hydrogen-bond donors (Lipinski definition) is 1. The minimum atomic E-state index is 0.790. The topological polar surface area (TPSA) is 12.0 Å². The predicted octanol–water partition coefficient (Wildman–Crippen LogP) is 3.35. The van der Waals surface area contributed by atoms with Crippen LogP contribution in [0, 0.1) is 23.7 Å². The molecule has 1 heteroatoms. The Morgan fingerprint density at radius 2 is 1.88 bits per heavy atom. The molecule has 3 atom stereocenters. The lowest BCUT2D eigenvalue weighted by Crippen LogP contribution is -2.39. The average Bonchev–Trinajstić information content (AvgIpc) is 2.34. The van der Waals surface area contributed by atoms with Crippen LogP contribution in [0.25, 0.3) is 0 Å². The minimum absolute atomic E-state index is 0.790. The number of hydrogen-bond acceptors (Lipinski definition) is 1. The third-order valence-electron chi connectivity index (χ3n) is 4.40. The molecule has 2 saturated carbocycles. The van der Waals surface area contributed by atoms with Crippen LogP contribution in [-0.4, -0.2) is 12.6 Å². The van der Waals surface area contributed by atoms with Gasteiger partial charge in [-0.1, -0.05) is 25.7 Å². The normalized spacial score (nSPS) is 33.7. The maximum absolute atomic E-state index is 3.69. The van der Waals surface area contributed by atoms with E-state index >= 15 is 0 Å². The van der Waals surface area contributed by atoms with Gasteiger partial charge in [0.25, 0.3) is 0 Å². The van der Waals surface area contributed by atoms with E-state index < -0.39 is 0 Å². The fraction of sp³-hybridized carbons (Fsp3) is 0.867. The highest BCUT2D eigenvalue weighted by molar-refractivity contribution is 4.95. The summed E-state index contributed by atoms with van der Waals surface area (Å²) in [4.78, 5) is 0. The Morgan fingerprint density at radius 1 is 1.06 bits per heavy atom. The number of fused-ring (bicyclic) bond motifs is 1. The molecule has 90 valence electrons. The van der Waals surface area contributed by atoms with E-state index in [0.717, 1.165) is 30.8 Å². The van der Waals surface area contributed by atoms with E-state index in [9.17, 15) is 0 Å². The molecule has 1 N–H and O–H groups in total. The van der Waals surface area contributed by atoms with Crippen LogP contribution in [0.5, 0.6) is 0 Å². The highest BCUT2D eigenvalue weighted by Crippen LogP contribution is 2.40. The summed E-state index contributed by atoms with van der Waals surface area (Å²) in [7, 11) is 0. The highest BCUT2D eigenvalue weighted by Gasteiger charge is 2.31. The molecule has 16 heavy (non-hydrogen) atoms. The lowest BCUT2D eigenvalue weighted by Gasteiger charge is -2.39. The molecule has 0 aliphatic heterocycles. The lowest BCUT2D eigenvalue weighted by molar-refractivity contribution is 0.144. The van der Waals surface area contributed by atoms with E-state index in [2.05, 4.69) is 17.2 Å². The summed E-state index contributed by atoms with van der Waals surface area (Å²) < 4.78 is 0. The Labute approximate surface area is 100 Å². The average molecular weight is 219 g/mol. The Bertz CT molecular complexity index is 260. The summed E-state index contributed by atoms with van der Waals surface area (Å²) in [5.41, 5.74) is 0. The zero-order valence-corrected chi connectivity index (χ0v) is 10.6. The minimum Gasteiger partial charge on any atom is -0.313 e. The number of rotatable bonds is 3. The monoisotopic (exact) mass is 219 g/mol.